The Morgan fingerprint density at radius 2 is 1.80 bits per heavy atom. The summed E-state index contributed by atoms with van der Waals surface area (Å²) in [7, 11) is 0. The van der Waals surface area contributed by atoms with Crippen LogP contribution in [0.5, 0.6) is 5.75 Å². The summed E-state index contributed by atoms with van der Waals surface area (Å²) in [6.45, 7) is 18.2. The van der Waals surface area contributed by atoms with Gasteiger partial charge in [-0.05, 0) is 64.9 Å². The SMILES string of the molecule is CCNC(=NCc1ccc(C)cc1OCCOCC)NCCCCN(CC)CC.I. The Labute approximate surface area is 201 Å². The van der Waals surface area contributed by atoms with Crippen LogP contribution in [0.15, 0.2) is 23.2 Å². The van der Waals surface area contributed by atoms with Crippen LogP contribution in [-0.2, 0) is 11.3 Å². The minimum atomic E-state index is 0. The molecule has 0 aliphatic heterocycles. The van der Waals surface area contributed by atoms with Crippen LogP contribution in [0, 0.1) is 6.92 Å². The highest BCUT2D eigenvalue weighted by atomic mass is 127. The van der Waals surface area contributed by atoms with E-state index in [0.29, 0.717) is 26.4 Å². The van der Waals surface area contributed by atoms with Crippen LogP contribution in [-0.4, -0.2) is 63.4 Å². The number of guanidine groups is 1. The number of aryl methyl sites for hydroxylation is 1. The van der Waals surface area contributed by atoms with Crippen molar-refractivity contribution >= 4 is 29.9 Å². The fraction of sp³-hybridized carbons (Fsp3) is 0.696. The van der Waals surface area contributed by atoms with Crippen molar-refractivity contribution < 1.29 is 9.47 Å². The molecule has 2 N–H and O–H groups in total. The first-order valence-corrected chi connectivity index (χ1v) is 11.2. The first-order chi connectivity index (χ1) is 14.1. The molecule has 6 nitrogen and oxygen atoms in total. The molecule has 174 valence electrons. The highest BCUT2D eigenvalue weighted by Gasteiger charge is 2.06. The Bertz CT molecular complexity index is 580. The molecule has 0 amide bonds. The second kappa shape index (κ2) is 18.7. The summed E-state index contributed by atoms with van der Waals surface area (Å²) in [5.41, 5.74) is 2.27. The maximum Gasteiger partial charge on any atom is 0.191 e. The number of nitrogens with one attached hydrogen (secondary N) is 2. The number of nitrogens with zero attached hydrogens (tertiary/aromatic N) is 2. The standard InChI is InChI=1S/C23H42N4O2.HI/c1-6-24-23(25-14-10-11-15-27(7-2)8-3)26-19-21-13-12-20(5)18-22(21)29-17-16-28-9-4;/h12-13,18H,6-11,14-17,19H2,1-5H3,(H2,24,25,26);1H. The van der Waals surface area contributed by atoms with Crippen LogP contribution in [0.25, 0.3) is 0 Å². The number of unbranched alkanes of at least 4 members (excludes halogenated alkanes) is 1. The van der Waals surface area contributed by atoms with Gasteiger partial charge in [-0.1, -0.05) is 26.0 Å². The van der Waals surface area contributed by atoms with Crippen molar-refractivity contribution in [2.45, 2.75) is 54.0 Å². The highest BCUT2D eigenvalue weighted by molar-refractivity contribution is 14.0. The number of halogens is 1. The van der Waals surface area contributed by atoms with Gasteiger partial charge in [-0.3, -0.25) is 0 Å². The number of benzene rings is 1. The van der Waals surface area contributed by atoms with E-state index in [-0.39, 0.29) is 24.0 Å². The van der Waals surface area contributed by atoms with Gasteiger partial charge in [0.2, 0.25) is 0 Å². The molecule has 0 unspecified atom stereocenters. The van der Waals surface area contributed by atoms with E-state index in [0.717, 1.165) is 56.4 Å². The van der Waals surface area contributed by atoms with Crippen molar-refractivity contribution in [3.8, 4) is 5.75 Å². The Balaban J connectivity index is 0.00000841. The van der Waals surface area contributed by atoms with Crippen LogP contribution in [0.3, 0.4) is 0 Å². The van der Waals surface area contributed by atoms with Gasteiger partial charge in [0.15, 0.2) is 5.96 Å². The minimum absolute atomic E-state index is 0. The minimum Gasteiger partial charge on any atom is -0.491 e. The third kappa shape index (κ3) is 12.6. The summed E-state index contributed by atoms with van der Waals surface area (Å²) >= 11 is 0. The molecule has 30 heavy (non-hydrogen) atoms. The van der Waals surface area contributed by atoms with Gasteiger partial charge < -0.3 is 25.0 Å². The fourth-order valence-corrected chi connectivity index (χ4v) is 2.99. The smallest absolute Gasteiger partial charge is 0.191 e. The molecule has 0 bridgehead atoms. The van der Waals surface area contributed by atoms with Crippen molar-refractivity contribution in [1.82, 2.24) is 15.5 Å². The third-order valence-corrected chi connectivity index (χ3v) is 4.75. The number of rotatable bonds is 15. The lowest BCUT2D eigenvalue weighted by Gasteiger charge is -2.18. The number of ether oxygens (including phenoxy) is 2. The van der Waals surface area contributed by atoms with E-state index in [2.05, 4.69) is 61.4 Å². The Kier molecular flexibility index (Phi) is 18.0. The summed E-state index contributed by atoms with van der Waals surface area (Å²) in [5.74, 6) is 1.75. The van der Waals surface area contributed by atoms with E-state index in [9.17, 15) is 0 Å². The van der Waals surface area contributed by atoms with Crippen LogP contribution in [0.2, 0.25) is 0 Å². The Morgan fingerprint density at radius 3 is 2.47 bits per heavy atom. The Hall–Kier alpha value is -1.06. The molecule has 0 radical (unpaired) electrons. The zero-order chi connectivity index (χ0) is 21.3. The van der Waals surface area contributed by atoms with Crippen LogP contribution < -0.4 is 15.4 Å². The van der Waals surface area contributed by atoms with Crippen molar-refractivity contribution in [3.05, 3.63) is 29.3 Å². The average Bonchev–Trinajstić information content (AvgIpc) is 2.73. The highest BCUT2D eigenvalue weighted by Crippen LogP contribution is 2.21. The van der Waals surface area contributed by atoms with Crippen molar-refractivity contribution in [3.63, 3.8) is 0 Å². The predicted molar refractivity (Wildman–Crippen MR) is 138 cm³/mol. The first kappa shape index (κ1) is 28.9. The zero-order valence-corrected chi connectivity index (χ0v) is 22.0. The maximum absolute atomic E-state index is 5.93. The second-order valence-electron chi connectivity index (χ2n) is 7.01. The van der Waals surface area contributed by atoms with Crippen molar-refractivity contribution in [1.29, 1.82) is 0 Å². The quantitative estimate of drug-likeness (QED) is 0.153. The Morgan fingerprint density at radius 1 is 1.03 bits per heavy atom. The van der Waals surface area contributed by atoms with Crippen LogP contribution in [0.4, 0.5) is 0 Å². The molecule has 0 saturated carbocycles. The third-order valence-electron chi connectivity index (χ3n) is 4.75. The molecule has 7 heteroatoms. The van der Waals surface area contributed by atoms with E-state index >= 15 is 0 Å². The van der Waals surface area contributed by atoms with E-state index in [4.69, 9.17) is 14.5 Å². The summed E-state index contributed by atoms with van der Waals surface area (Å²) in [6.07, 6.45) is 2.33. The summed E-state index contributed by atoms with van der Waals surface area (Å²) in [5, 5.41) is 6.78. The average molecular weight is 535 g/mol. The lowest BCUT2D eigenvalue weighted by Crippen LogP contribution is -2.38. The molecule has 0 aliphatic carbocycles. The fourth-order valence-electron chi connectivity index (χ4n) is 2.99. The van der Waals surface area contributed by atoms with E-state index < -0.39 is 0 Å². The van der Waals surface area contributed by atoms with Crippen molar-refractivity contribution in [2.24, 2.45) is 4.99 Å². The predicted octanol–water partition coefficient (Wildman–Crippen LogP) is 4.21. The molecule has 0 saturated heterocycles. The molecule has 1 aromatic carbocycles. The zero-order valence-electron chi connectivity index (χ0n) is 19.6. The number of aliphatic imine (C=N–C) groups is 1. The van der Waals surface area contributed by atoms with Crippen LogP contribution in [0.1, 0.15) is 51.7 Å². The molecular formula is C23H43IN4O2. The van der Waals surface area contributed by atoms with Gasteiger partial charge in [0.25, 0.3) is 0 Å². The molecule has 0 aliphatic rings. The monoisotopic (exact) mass is 534 g/mol. The second-order valence-corrected chi connectivity index (χ2v) is 7.01. The van der Waals surface area contributed by atoms with E-state index in [1.165, 1.54) is 12.0 Å². The van der Waals surface area contributed by atoms with E-state index in [1.807, 2.05) is 6.92 Å². The van der Waals surface area contributed by atoms with E-state index in [1.54, 1.807) is 0 Å². The number of hydrogen-bond acceptors (Lipinski definition) is 4. The first-order valence-electron chi connectivity index (χ1n) is 11.2. The summed E-state index contributed by atoms with van der Waals surface area (Å²) in [6, 6.07) is 6.28. The van der Waals surface area contributed by atoms with Gasteiger partial charge in [-0.15, -0.1) is 24.0 Å². The van der Waals surface area contributed by atoms with Gasteiger partial charge in [-0.25, -0.2) is 4.99 Å². The summed E-state index contributed by atoms with van der Waals surface area (Å²) in [4.78, 5) is 7.22. The largest absolute Gasteiger partial charge is 0.491 e. The molecule has 0 spiro atoms. The molecular weight excluding hydrogens is 491 g/mol. The van der Waals surface area contributed by atoms with Gasteiger partial charge in [0.05, 0.1) is 13.2 Å². The van der Waals surface area contributed by atoms with Gasteiger partial charge in [-0.2, -0.15) is 0 Å². The van der Waals surface area contributed by atoms with Crippen LogP contribution >= 0.6 is 24.0 Å². The van der Waals surface area contributed by atoms with Gasteiger partial charge in [0.1, 0.15) is 12.4 Å². The lowest BCUT2D eigenvalue weighted by atomic mass is 10.1. The molecule has 0 heterocycles. The molecule has 1 rings (SSSR count). The molecule has 1 aromatic rings. The topological polar surface area (TPSA) is 58.1 Å². The molecule has 0 atom stereocenters. The number of hydrogen-bond donors (Lipinski definition) is 2. The van der Waals surface area contributed by atoms with Gasteiger partial charge in [0, 0.05) is 25.3 Å². The molecule has 0 fully saturated rings. The normalized spacial score (nSPS) is 11.3. The lowest BCUT2D eigenvalue weighted by molar-refractivity contribution is 0.110. The summed E-state index contributed by atoms with van der Waals surface area (Å²) < 4.78 is 11.3. The maximum atomic E-state index is 5.93. The van der Waals surface area contributed by atoms with Crippen molar-refractivity contribution in [2.75, 3.05) is 52.5 Å². The van der Waals surface area contributed by atoms with Gasteiger partial charge >= 0.3 is 0 Å². The molecule has 0 aromatic heterocycles.